The summed E-state index contributed by atoms with van der Waals surface area (Å²) in [5.74, 6) is -1.18. The highest BCUT2D eigenvalue weighted by Crippen LogP contribution is 2.35. The molecule has 2 rings (SSSR count). The molecule has 1 fully saturated rings. The Hall–Kier alpha value is -1.38. The zero-order chi connectivity index (χ0) is 15.0. The number of hydrogen-bond donors (Lipinski definition) is 3. The van der Waals surface area contributed by atoms with Gasteiger partial charge in [-0.05, 0) is 39.4 Å². The normalized spacial score (nSPS) is 17.9. The van der Waals surface area contributed by atoms with Crippen LogP contribution in [0.2, 0.25) is 0 Å². The van der Waals surface area contributed by atoms with Crippen LogP contribution in [0.1, 0.15) is 29.8 Å². The van der Waals surface area contributed by atoms with Gasteiger partial charge in [0.15, 0.2) is 0 Å². The van der Waals surface area contributed by atoms with Crippen LogP contribution in [-0.4, -0.2) is 55.6 Å². The summed E-state index contributed by atoms with van der Waals surface area (Å²) in [6, 6.07) is 1.12. The highest BCUT2D eigenvalue weighted by Gasteiger charge is 2.39. The van der Waals surface area contributed by atoms with Crippen molar-refractivity contribution in [1.29, 1.82) is 0 Å². The Bertz CT molecular complexity index is 602. The van der Waals surface area contributed by atoms with Crippen molar-refractivity contribution >= 4 is 16.0 Å². The van der Waals surface area contributed by atoms with Gasteiger partial charge in [-0.1, -0.05) is 0 Å². The summed E-state index contributed by atoms with van der Waals surface area (Å²) in [7, 11) is 0.186. The third-order valence-electron chi connectivity index (χ3n) is 4.02. The van der Waals surface area contributed by atoms with E-state index in [1.54, 1.807) is 0 Å². The van der Waals surface area contributed by atoms with Crippen molar-refractivity contribution < 1.29 is 18.3 Å². The van der Waals surface area contributed by atoms with Gasteiger partial charge < -0.3 is 15.0 Å². The smallest absolute Gasteiger partial charge is 0.352 e. The molecule has 1 aromatic rings. The maximum Gasteiger partial charge on any atom is 0.352 e. The van der Waals surface area contributed by atoms with E-state index >= 15 is 0 Å². The van der Waals surface area contributed by atoms with Crippen LogP contribution in [0.25, 0.3) is 0 Å². The molecule has 20 heavy (non-hydrogen) atoms. The monoisotopic (exact) mass is 301 g/mol. The summed E-state index contributed by atoms with van der Waals surface area (Å²) in [5, 5.41) is 8.79. The topological polar surface area (TPSA) is 103 Å². The van der Waals surface area contributed by atoms with Crippen molar-refractivity contribution in [2.75, 3.05) is 20.6 Å². The van der Waals surface area contributed by atoms with Gasteiger partial charge in [-0.25, -0.2) is 17.9 Å². The quantitative estimate of drug-likeness (QED) is 0.709. The van der Waals surface area contributed by atoms with E-state index in [1.165, 1.54) is 6.20 Å². The number of carboxylic acid groups (broad SMARTS) is 1. The number of aromatic nitrogens is 1. The Kier molecular flexibility index (Phi) is 3.90. The molecule has 8 heteroatoms. The van der Waals surface area contributed by atoms with E-state index in [0.29, 0.717) is 6.54 Å². The number of likely N-dealkylation sites (N-methyl/N-ethyl adjacent to an activating group) is 1. The molecular formula is C12H19N3O4S. The number of aromatic carboxylic acids is 1. The molecule has 0 radical (unpaired) electrons. The predicted molar refractivity (Wildman–Crippen MR) is 73.2 cm³/mol. The summed E-state index contributed by atoms with van der Waals surface area (Å²) in [5.41, 5.74) is -0.268. The van der Waals surface area contributed by atoms with Gasteiger partial charge in [-0.2, -0.15) is 0 Å². The molecule has 7 nitrogen and oxygen atoms in total. The second kappa shape index (κ2) is 5.19. The first kappa shape index (κ1) is 15.0. The van der Waals surface area contributed by atoms with Crippen LogP contribution in [0.3, 0.4) is 0 Å². The standard InChI is InChI=1S/C12H19N3O4S/c1-15(2)12(4-3-5-12)8-14-20(18,19)9-6-10(11(16)17)13-7-9/h6-7,13-14H,3-5,8H2,1-2H3,(H,16,17). The average molecular weight is 301 g/mol. The minimum Gasteiger partial charge on any atom is -0.477 e. The lowest BCUT2D eigenvalue weighted by Crippen LogP contribution is -2.57. The molecule has 3 N–H and O–H groups in total. The number of H-pyrrole nitrogens is 1. The van der Waals surface area contributed by atoms with Crippen molar-refractivity contribution in [3.05, 3.63) is 18.0 Å². The van der Waals surface area contributed by atoms with Gasteiger partial charge in [-0.15, -0.1) is 0 Å². The van der Waals surface area contributed by atoms with Gasteiger partial charge in [0.2, 0.25) is 10.0 Å². The van der Waals surface area contributed by atoms with Crippen molar-refractivity contribution in [2.24, 2.45) is 0 Å². The van der Waals surface area contributed by atoms with Gasteiger partial charge in [0.25, 0.3) is 0 Å². The molecule has 0 unspecified atom stereocenters. The molecule has 1 saturated carbocycles. The number of rotatable bonds is 6. The van der Waals surface area contributed by atoms with Gasteiger partial charge in [0.1, 0.15) is 10.6 Å². The largest absolute Gasteiger partial charge is 0.477 e. The van der Waals surface area contributed by atoms with E-state index < -0.39 is 16.0 Å². The van der Waals surface area contributed by atoms with Crippen LogP contribution in [-0.2, 0) is 10.0 Å². The molecule has 0 atom stereocenters. The summed E-state index contributed by atoms with van der Waals surface area (Å²) in [6.07, 6.45) is 4.19. The van der Waals surface area contributed by atoms with Crippen molar-refractivity contribution in [2.45, 2.75) is 29.7 Å². The number of aromatic amines is 1. The first-order valence-electron chi connectivity index (χ1n) is 6.36. The minimum atomic E-state index is -3.69. The Labute approximate surface area is 118 Å². The Morgan fingerprint density at radius 3 is 2.55 bits per heavy atom. The zero-order valence-electron chi connectivity index (χ0n) is 11.5. The van der Waals surface area contributed by atoms with Crippen LogP contribution in [0.5, 0.6) is 0 Å². The molecule has 0 aromatic carbocycles. The molecule has 0 aliphatic heterocycles. The third-order valence-corrected chi connectivity index (χ3v) is 5.40. The molecule has 0 bridgehead atoms. The number of nitrogens with one attached hydrogen (secondary N) is 2. The van der Waals surface area contributed by atoms with E-state index in [-0.39, 0.29) is 16.1 Å². The summed E-state index contributed by atoms with van der Waals surface area (Å²) >= 11 is 0. The number of nitrogens with zero attached hydrogens (tertiary/aromatic N) is 1. The fraction of sp³-hybridized carbons (Fsp3) is 0.583. The lowest BCUT2D eigenvalue weighted by Gasteiger charge is -2.47. The fourth-order valence-electron chi connectivity index (χ4n) is 2.33. The maximum absolute atomic E-state index is 12.1. The van der Waals surface area contributed by atoms with Crippen molar-refractivity contribution in [1.82, 2.24) is 14.6 Å². The van der Waals surface area contributed by atoms with Gasteiger partial charge in [0.05, 0.1) is 0 Å². The molecule has 0 amide bonds. The molecule has 1 aliphatic rings. The predicted octanol–water partition coefficient (Wildman–Crippen LogP) is 0.475. The summed E-state index contributed by atoms with van der Waals surface area (Å²) < 4.78 is 26.8. The summed E-state index contributed by atoms with van der Waals surface area (Å²) in [4.78, 5) is 15.2. The third kappa shape index (κ3) is 2.72. The van der Waals surface area contributed by atoms with Crippen LogP contribution >= 0.6 is 0 Å². The molecule has 0 spiro atoms. The first-order valence-corrected chi connectivity index (χ1v) is 7.84. The summed E-state index contributed by atoms with van der Waals surface area (Å²) in [6.45, 7) is 0.329. The Balaban J connectivity index is 2.09. The first-order chi connectivity index (χ1) is 9.27. The van der Waals surface area contributed by atoms with Crippen LogP contribution in [0.15, 0.2) is 17.2 Å². The van der Waals surface area contributed by atoms with Crippen LogP contribution < -0.4 is 4.72 Å². The highest BCUT2D eigenvalue weighted by atomic mass is 32.2. The Morgan fingerprint density at radius 1 is 1.50 bits per heavy atom. The number of sulfonamides is 1. The van der Waals surface area contributed by atoms with Gasteiger partial charge in [0, 0.05) is 18.3 Å². The lowest BCUT2D eigenvalue weighted by atomic mass is 9.76. The second-order valence-corrected chi connectivity index (χ2v) is 7.12. The maximum atomic E-state index is 12.1. The minimum absolute atomic E-state index is 0.0527. The average Bonchev–Trinajstić information content (AvgIpc) is 2.76. The zero-order valence-corrected chi connectivity index (χ0v) is 12.3. The Morgan fingerprint density at radius 2 is 2.15 bits per heavy atom. The molecule has 1 heterocycles. The molecule has 1 aromatic heterocycles. The highest BCUT2D eigenvalue weighted by molar-refractivity contribution is 7.89. The molecule has 112 valence electrons. The van der Waals surface area contributed by atoms with Gasteiger partial charge in [-0.3, -0.25) is 0 Å². The number of hydrogen-bond acceptors (Lipinski definition) is 4. The van der Waals surface area contributed by atoms with E-state index in [0.717, 1.165) is 25.3 Å². The second-order valence-electron chi connectivity index (χ2n) is 5.35. The number of carboxylic acids is 1. The number of carbonyl (C=O) groups is 1. The van der Waals surface area contributed by atoms with Crippen LogP contribution in [0, 0.1) is 0 Å². The van der Waals surface area contributed by atoms with Crippen LogP contribution in [0.4, 0.5) is 0 Å². The van der Waals surface area contributed by atoms with Crippen molar-refractivity contribution in [3.8, 4) is 0 Å². The van der Waals surface area contributed by atoms with E-state index in [4.69, 9.17) is 5.11 Å². The van der Waals surface area contributed by atoms with Gasteiger partial charge >= 0.3 is 5.97 Å². The molecule has 1 aliphatic carbocycles. The van der Waals surface area contributed by atoms with Crippen molar-refractivity contribution in [3.63, 3.8) is 0 Å². The molecule has 0 saturated heterocycles. The van der Waals surface area contributed by atoms with E-state index in [9.17, 15) is 13.2 Å². The van der Waals surface area contributed by atoms with E-state index in [2.05, 4.69) is 9.71 Å². The SMILES string of the molecule is CN(C)C1(CNS(=O)(=O)c2c[nH]c(C(=O)O)c2)CCC1. The molecular weight excluding hydrogens is 282 g/mol. The fourth-order valence-corrected chi connectivity index (χ4v) is 3.45. The lowest BCUT2D eigenvalue weighted by molar-refractivity contribution is 0.0656. The van der Waals surface area contributed by atoms with E-state index in [1.807, 2.05) is 19.0 Å².